The summed E-state index contributed by atoms with van der Waals surface area (Å²) in [5.74, 6) is -0.667. The van der Waals surface area contributed by atoms with Gasteiger partial charge < -0.3 is 4.74 Å². The Morgan fingerprint density at radius 1 is 1.56 bits per heavy atom. The van der Waals surface area contributed by atoms with Crippen LogP contribution in [0.2, 0.25) is 0 Å². The minimum Gasteiger partial charge on any atom is -0.447 e. The quantitative estimate of drug-likeness (QED) is 0.836. The van der Waals surface area contributed by atoms with E-state index in [1.165, 1.54) is 12.1 Å². The van der Waals surface area contributed by atoms with Crippen molar-refractivity contribution in [1.82, 2.24) is 0 Å². The fourth-order valence-corrected chi connectivity index (χ4v) is 1.04. The van der Waals surface area contributed by atoms with Crippen LogP contribution in [0.1, 0.15) is 19.4 Å². The smallest absolute Gasteiger partial charge is 0.411 e. The van der Waals surface area contributed by atoms with Crippen LogP contribution in [0.5, 0.6) is 0 Å². The molecule has 1 aromatic carbocycles. The Balaban J connectivity index is 2.75. The summed E-state index contributed by atoms with van der Waals surface area (Å²) < 4.78 is 18.1. The van der Waals surface area contributed by atoms with E-state index in [4.69, 9.17) is 10.00 Å². The van der Waals surface area contributed by atoms with Crippen LogP contribution in [0.15, 0.2) is 18.2 Å². The summed E-state index contributed by atoms with van der Waals surface area (Å²) in [4.78, 5) is 11.2. The first-order valence-electron chi connectivity index (χ1n) is 4.70. The van der Waals surface area contributed by atoms with Crippen molar-refractivity contribution in [1.29, 1.82) is 5.26 Å². The van der Waals surface area contributed by atoms with Crippen molar-refractivity contribution in [2.24, 2.45) is 0 Å². The summed E-state index contributed by atoms with van der Waals surface area (Å²) in [6.07, 6.45) is -1.000. The standard InChI is InChI=1S/C11H11FN2O2/c1-7(2)16-11(15)14-10-4-3-8(6-13)5-9(10)12/h3-5,7H,1-2H3,(H,14,15). The number of amides is 1. The molecule has 16 heavy (non-hydrogen) atoms. The van der Waals surface area contributed by atoms with Gasteiger partial charge in [-0.05, 0) is 32.0 Å². The molecule has 0 saturated heterocycles. The van der Waals surface area contributed by atoms with Gasteiger partial charge in [-0.15, -0.1) is 0 Å². The Kier molecular flexibility index (Phi) is 3.84. The number of hydrogen-bond acceptors (Lipinski definition) is 3. The molecule has 4 nitrogen and oxygen atoms in total. The number of carbonyl (C=O) groups excluding carboxylic acids is 1. The van der Waals surface area contributed by atoms with Crippen molar-refractivity contribution in [3.63, 3.8) is 0 Å². The minimum absolute atomic E-state index is 0.00958. The maximum absolute atomic E-state index is 13.3. The first-order valence-corrected chi connectivity index (χ1v) is 4.70. The summed E-state index contributed by atoms with van der Waals surface area (Å²) in [6.45, 7) is 3.38. The number of ether oxygens (including phenoxy) is 1. The monoisotopic (exact) mass is 222 g/mol. The molecule has 0 radical (unpaired) electrons. The van der Waals surface area contributed by atoms with Crippen molar-refractivity contribution < 1.29 is 13.9 Å². The van der Waals surface area contributed by atoms with Gasteiger partial charge in [-0.2, -0.15) is 5.26 Å². The first-order chi connectivity index (χ1) is 7.52. The summed E-state index contributed by atoms with van der Waals surface area (Å²) in [5.41, 5.74) is 0.185. The van der Waals surface area contributed by atoms with Crippen LogP contribution >= 0.6 is 0 Å². The Morgan fingerprint density at radius 2 is 2.25 bits per heavy atom. The number of anilines is 1. The summed E-state index contributed by atoms with van der Waals surface area (Å²) >= 11 is 0. The molecule has 1 rings (SSSR count). The topological polar surface area (TPSA) is 62.1 Å². The molecule has 0 spiro atoms. The van der Waals surface area contributed by atoms with Crippen LogP contribution < -0.4 is 5.32 Å². The number of nitrogens with one attached hydrogen (secondary N) is 1. The van der Waals surface area contributed by atoms with Gasteiger partial charge >= 0.3 is 6.09 Å². The summed E-state index contributed by atoms with van der Waals surface area (Å²) in [5, 5.41) is 10.8. The lowest BCUT2D eigenvalue weighted by Crippen LogP contribution is -2.18. The summed E-state index contributed by atoms with van der Waals surface area (Å²) in [7, 11) is 0. The molecule has 1 N–H and O–H groups in total. The van der Waals surface area contributed by atoms with E-state index in [9.17, 15) is 9.18 Å². The van der Waals surface area contributed by atoms with Gasteiger partial charge in [0.1, 0.15) is 5.82 Å². The van der Waals surface area contributed by atoms with Gasteiger partial charge in [-0.1, -0.05) is 0 Å². The lowest BCUT2D eigenvalue weighted by molar-refractivity contribution is 0.130. The van der Waals surface area contributed by atoms with Crippen LogP contribution in [0.3, 0.4) is 0 Å². The number of rotatable bonds is 2. The van der Waals surface area contributed by atoms with E-state index in [2.05, 4.69) is 5.32 Å². The fraction of sp³-hybridized carbons (Fsp3) is 0.273. The Bertz CT molecular complexity index is 438. The van der Waals surface area contributed by atoms with E-state index in [-0.39, 0.29) is 17.4 Å². The molecule has 0 aliphatic heterocycles. The van der Waals surface area contributed by atoms with Gasteiger partial charge in [0.2, 0.25) is 0 Å². The van der Waals surface area contributed by atoms with E-state index >= 15 is 0 Å². The highest BCUT2D eigenvalue weighted by Gasteiger charge is 2.09. The van der Waals surface area contributed by atoms with Crippen LogP contribution in [0.25, 0.3) is 0 Å². The Morgan fingerprint density at radius 3 is 2.75 bits per heavy atom. The zero-order valence-electron chi connectivity index (χ0n) is 8.95. The van der Waals surface area contributed by atoms with Crippen LogP contribution in [-0.2, 0) is 4.74 Å². The molecule has 84 valence electrons. The average molecular weight is 222 g/mol. The van der Waals surface area contributed by atoms with Gasteiger partial charge in [0.25, 0.3) is 0 Å². The SMILES string of the molecule is CC(C)OC(=O)Nc1ccc(C#N)cc1F. The number of hydrogen-bond donors (Lipinski definition) is 1. The van der Waals surface area contributed by atoms with Crippen LogP contribution in [0, 0.1) is 17.1 Å². The van der Waals surface area contributed by atoms with Crippen molar-refractivity contribution in [3.05, 3.63) is 29.6 Å². The lowest BCUT2D eigenvalue weighted by Gasteiger charge is -2.09. The molecule has 0 aromatic heterocycles. The second-order valence-corrected chi connectivity index (χ2v) is 3.39. The molecule has 0 unspecified atom stereocenters. The Labute approximate surface area is 92.6 Å². The van der Waals surface area contributed by atoms with Crippen LogP contribution in [0.4, 0.5) is 14.9 Å². The van der Waals surface area contributed by atoms with E-state index in [0.29, 0.717) is 0 Å². The third-order valence-corrected chi connectivity index (χ3v) is 1.68. The molecule has 1 aromatic rings. The highest BCUT2D eigenvalue weighted by atomic mass is 19.1. The normalized spacial score (nSPS) is 9.69. The highest BCUT2D eigenvalue weighted by molar-refractivity contribution is 5.84. The third kappa shape index (κ3) is 3.24. The van der Waals surface area contributed by atoms with E-state index in [1.54, 1.807) is 19.9 Å². The van der Waals surface area contributed by atoms with Gasteiger partial charge in [-0.25, -0.2) is 9.18 Å². The number of nitrogens with zero attached hydrogens (tertiary/aromatic N) is 1. The molecule has 0 atom stereocenters. The van der Waals surface area contributed by atoms with Crippen molar-refractivity contribution in [2.75, 3.05) is 5.32 Å². The Hall–Kier alpha value is -2.09. The molecule has 0 fully saturated rings. The second-order valence-electron chi connectivity index (χ2n) is 3.39. The fourth-order valence-electron chi connectivity index (χ4n) is 1.04. The van der Waals surface area contributed by atoms with Gasteiger partial charge in [0.15, 0.2) is 0 Å². The zero-order chi connectivity index (χ0) is 12.1. The molecule has 0 aliphatic carbocycles. The van der Waals surface area contributed by atoms with E-state index < -0.39 is 11.9 Å². The largest absolute Gasteiger partial charge is 0.447 e. The maximum atomic E-state index is 13.3. The number of halogens is 1. The summed E-state index contributed by atoms with van der Waals surface area (Å²) in [6, 6.07) is 5.57. The maximum Gasteiger partial charge on any atom is 0.411 e. The third-order valence-electron chi connectivity index (χ3n) is 1.68. The molecule has 5 heteroatoms. The van der Waals surface area contributed by atoms with Gasteiger partial charge in [0.05, 0.1) is 23.4 Å². The predicted molar refractivity (Wildman–Crippen MR) is 56.4 cm³/mol. The number of nitriles is 1. The molecule has 0 aliphatic rings. The van der Waals surface area contributed by atoms with Crippen molar-refractivity contribution >= 4 is 11.8 Å². The van der Waals surface area contributed by atoms with Crippen molar-refractivity contribution in [2.45, 2.75) is 20.0 Å². The van der Waals surface area contributed by atoms with E-state index in [1.807, 2.05) is 0 Å². The predicted octanol–water partition coefficient (Wildman–Crippen LogP) is 2.65. The second kappa shape index (κ2) is 5.12. The van der Waals surface area contributed by atoms with Crippen LogP contribution in [-0.4, -0.2) is 12.2 Å². The minimum atomic E-state index is -0.724. The van der Waals surface area contributed by atoms with E-state index in [0.717, 1.165) is 6.07 Å². The van der Waals surface area contributed by atoms with Gasteiger partial charge in [0, 0.05) is 0 Å². The molecule has 0 bridgehead atoms. The zero-order valence-corrected chi connectivity index (χ0v) is 8.95. The highest BCUT2D eigenvalue weighted by Crippen LogP contribution is 2.15. The molecule has 0 saturated carbocycles. The molecule has 0 heterocycles. The molecular formula is C11H11FN2O2. The number of benzene rings is 1. The first kappa shape index (κ1) is 12.0. The van der Waals surface area contributed by atoms with Crippen molar-refractivity contribution in [3.8, 4) is 6.07 Å². The molecule has 1 amide bonds. The van der Waals surface area contributed by atoms with Gasteiger partial charge in [-0.3, -0.25) is 5.32 Å². The molecular weight excluding hydrogens is 211 g/mol. The average Bonchev–Trinajstić information content (AvgIpc) is 2.19. The number of carbonyl (C=O) groups is 1. The lowest BCUT2D eigenvalue weighted by atomic mass is 10.2.